The van der Waals surface area contributed by atoms with E-state index >= 15 is 0 Å². The van der Waals surface area contributed by atoms with Crippen LogP contribution in [0.5, 0.6) is 0 Å². The van der Waals surface area contributed by atoms with Gasteiger partial charge >= 0.3 is 6.18 Å². The van der Waals surface area contributed by atoms with E-state index in [2.05, 4.69) is 0 Å². The lowest BCUT2D eigenvalue weighted by molar-refractivity contribution is -0.137. The molecule has 0 aromatic heterocycles. The largest absolute Gasteiger partial charge is 0.416 e. The van der Waals surface area contributed by atoms with Gasteiger partial charge in [-0.15, -0.1) is 11.6 Å². The van der Waals surface area contributed by atoms with Crippen molar-refractivity contribution in [3.05, 3.63) is 59.4 Å². The summed E-state index contributed by atoms with van der Waals surface area (Å²) in [4.78, 5) is 0. The Morgan fingerprint density at radius 1 is 0.947 bits per heavy atom. The lowest BCUT2D eigenvalue weighted by Gasteiger charge is -2.10. The van der Waals surface area contributed by atoms with Gasteiger partial charge in [0.05, 0.1) is 11.4 Å². The molecule has 5 heteroatoms. The normalized spacial score (nSPS) is 11.6. The summed E-state index contributed by atoms with van der Waals surface area (Å²) in [6, 6.07) is 8.96. The summed E-state index contributed by atoms with van der Waals surface area (Å²) in [6.07, 6.45) is -4.38. The predicted molar refractivity (Wildman–Crippen MR) is 66.4 cm³/mol. The van der Waals surface area contributed by atoms with Crippen LogP contribution >= 0.6 is 11.6 Å². The summed E-state index contributed by atoms with van der Waals surface area (Å²) >= 11 is 5.67. The van der Waals surface area contributed by atoms with Gasteiger partial charge in [0.2, 0.25) is 0 Å². The standard InChI is InChI=1S/C14H9ClF4/c15-8-12-11(2-1-3-13(12)16)9-4-6-10(7-5-9)14(17,18)19/h1-7H,8H2. The molecule has 0 saturated carbocycles. The van der Waals surface area contributed by atoms with E-state index in [9.17, 15) is 17.6 Å². The van der Waals surface area contributed by atoms with E-state index in [1.54, 1.807) is 6.07 Å². The van der Waals surface area contributed by atoms with Crippen molar-refractivity contribution in [2.24, 2.45) is 0 Å². The molecule has 0 saturated heterocycles. The van der Waals surface area contributed by atoms with E-state index in [1.807, 2.05) is 0 Å². The number of benzene rings is 2. The summed E-state index contributed by atoms with van der Waals surface area (Å²) in [6.45, 7) is 0. The second-order valence-electron chi connectivity index (χ2n) is 3.97. The molecule has 0 amide bonds. The van der Waals surface area contributed by atoms with Crippen LogP contribution in [-0.4, -0.2) is 0 Å². The number of hydrogen-bond acceptors (Lipinski definition) is 0. The average molecular weight is 289 g/mol. The molecule has 0 aliphatic carbocycles. The molecule has 0 aliphatic heterocycles. The molecule has 0 unspecified atom stereocenters. The van der Waals surface area contributed by atoms with Gasteiger partial charge in [0.1, 0.15) is 5.82 Å². The minimum atomic E-state index is -4.38. The summed E-state index contributed by atoms with van der Waals surface area (Å²) < 4.78 is 50.9. The molecule has 0 fully saturated rings. The van der Waals surface area contributed by atoms with E-state index in [0.29, 0.717) is 11.1 Å². The molecule has 100 valence electrons. The third-order valence-electron chi connectivity index (χ3n) is 2.78. The van der Waals surface area contributed by atoms with Crippen molar-refractivity contribution < 1.29 is 17.6 Å². The van der Waals surface area contributed by atoms with Gasteiger partial charge in [-0.3, -0.25) is 0 Å². The highest BCUT2D eigenvalue weighted by atomic mass is 35.5. The zero-order valence-electron chi connectivity index (χ0n) is 9.64. The monoisotopic (exact) mass is 288 g/mol. The molecule has 2 aromatic carbocycles. The predicted octanol–water partition coefficient (Wildman–Crippen LogP) is 5.25. The molecule has 0 nitrogen and oxygen atoms in total. The Hall–Kier alpha value is -1.55. The molecule has 0 spiro atoms. The fourth-order valence-corrected chi connectivity index (χ4v) is 2.08. The van der Waals surface area contributed by atoms with Crippen LogP contribution in [0, 0.1) is 5.82 Å². The lowest BCUT2D eigenvalue weighted by Crippen LogP contribution is -2.04. The molecule has 0 N–H and O–H groups in total. The Kier molecular flexibility index (Phi) is 3.80. The van der Waals surface area contributed by atoms with E-state index in [0.717, 1.165) is 12.1 Å². The van der Waals surface area contributed by atoms with E-state index in [4.69, 9.17) is 11.6 Å². The second kappa shape index (κ2) is 5.21. The maximum atomic E-state index is 13.5. The number of rotatable bonds is 2. The van der Waals surface area contributed by atoms with Crippen molar-refractivity contribution in [1.82, 2.24) is 0 Å². The summed E-state index contributed by atoms with van der Waals surface area (Å²) in [5, 5.41) is 0. The first-order valence-electron chi connectivity index (χ1n) is 5.44. The fraction of sp³-hybridized carbons (Fsp3) is 0.143. The highest BCUT2D eigenvalue weighted by Crippen LogP contribution is 2.32. The molecule has 0 heterocycles. The first-order chi connectivity index (χ1) is 8.93. The van der Waals surface area contributed by atoms with Crippen LogP contribution in [0.25, 0.3) is 11.1 Å². The van der Waals surface area contributed by atoms with Crippen LogP contribution in [0.2, 0.25) is 0 Å². The topological polar surface area (TPSA) is 0 Å². The Morgan fingerprint density at radius 2 is 1.58 bits per heavy atom. The van der Waals surface area contributed by atoms with Crippen LogP contribution in [0.3, 0.4) is 0 Å². The van der Waals surface area contributed by atoms with E-state index in [-0.39, 0.29) is 11.4 Å². The van der Waals surface area contributed by atoms with Gasteiger partial charge in [-0.1, -0.05) is 24.3 Å². The quantitative estimate of drug-likeness (QED) is 0.523. The van der Waals surface area contributed by atoms with Gasteiger partial charge < -0.3 is 0 Å². The molecule has 2 aromatic rings. The minimum absolute atomic E-state index is 0.0387. The molecule has 2 rings (SSSR count). The maximum Gasteiger partial charge on any atom is 0.416 e. The van der Waals surface area contributed by atoms with Crippen LogP contribution in [0.1, 0.15) is 11.1 Å². The number of alkyl halides is 4. The van der Waals surface area contributed by atoms with Gasteiger partial charge in [-0.2, -0.15) is 13.2 Å². The summed E-state index contributed by atoms with van der Waals surface area (Å²) in [5.41, 5.74) is 0.552. The summed E-state index contributed by atoms with van der Waals surface area (Å²) in [7, 11) is 0. The Morgan fingerprint density at radius 3 is 2.11 bits per heavy atom. The summed E-state index contributed by atoms with van der Waals surface area (Å²) in [5.74, 6) is -0.504. The van der Waals surface area contributed by atoms with Crippen LogP contribution in [0.4, 0.5) is 17.6 Å². The molecule has 19 heavy (non-hydrogen) atoms. The SMILES string of the molecule is Fc1cccc(-c2ccc(C(F)(F)F)cc2)c1CCl. The molecular formula is C14H9ClF4. The number of hydrogen-bond donors (Lipinski definition) is 0. The highest BCUT2D eigenvalue weighted by molar-refractivity contribution is 6.17. The van der Waals surface area contributed by atoms with Gasteiger partial charge in [0.15, 0.2) is 0 Å². The molecule has 0 radical (unpaired) electrons. The van der Waals surface area contributed by atoms with Crippen molar-refractivity contribution in [2.75, 3.05) is 0 Å². The first-order valence-corrected chi connectivity index (χ1v) is 5.98. The third kappa shape index (κ3) is 2.89. The lowest BCUT2D eigenvalue weighted by atomic mass is 9.99. The highest BCUT2D eigenvalue weighted by Gasteiger charge is 2.30. The maximum absolute atomic E-state index is 13.5. The van der Waals surface area contributed by atoms with Gasteiger partial charge in [-0.05, 0) is 29.3 Å². The Bertz CT molecular complexity index is 573. The van der Waals surface area contributed by atoms with Crippen LogP contribution in [0.15, 0.2) is 42.5 Å². The van der Waals surface area contributed by atoms with E-state index in [1.165, 1.54) is 24.3 Å². The smallest absolute Gasteiger partial charge is 0.207 e. The van der Waals surface area contributed by atoms with Crippen LogP contribution < -0.4 is 0 Å². The van der Waals surface area contributed by atoms with Crippen LogP contribution in [-0.2, 0) is 12.1 Å². The van der Waals surface area contributed by atoms with Crippen molar-refractivity contribution in [2.45, 2.75) is 12.1 Å². The van der Waals surface area contributed by atoms with Crippen molar-refractivity contribution in [1.29, 1.82) is 0 Å². The van der Waals surface area contributed by atoms with Gasteiger partial charge in [0, 0.05) is 5.56 Å². The van der Waals surface area contributed by atoms with Crippen molar-refractivity contribution in [3.8, 4) is 11.1 Å². The minimum Gasteiger partial charge on any atom is -0.207 e. The molecule has 0 bridgehead atoms. The first kappa shape index (κ1) is 13.9. The number of halogens is 5. The van der Waals surface area contributed by atoms with Gasteiger partial charge in [0.25, 0.3) is 0 Å². The van der Waals surface area contributed by atoms with Gasteiger partial charge in [-0.25, -0.2) is 4.39 Å². The van der Waals surface area contributed by atoms with Crippen molar-refractivity contribution >= 4 is 11.6 Å². The average Bonchev–Trinajstić information content (AvgIpc) is 2.37. The zero-order valence-corrected chi connectivity index (χ0v) is 10.4. The Labute approximate surface area is 112 Å². The Balaban J connectivity index is 2.46. The molecular weight excluding hydrogens is 280 g/mol. The van der Waals surface area contributed by atoms with E-state index < -0.39 is 17.6 Å². The molecule has 0 aliphatic rings. The second-order valence-corrected chi connectivity index (χ2v) is 4.24. The molecule has 0 atom stereocenters. The zero-order chi connectivity index (χ0) is 14.0. The third-order valence-corrected chi connectivity index (χ3v) is 3.04. The fourth-order valence-electron chi connectivity index (χ4n) is 1.80. The van der Waals surface area contributed by atoms with Crippen molar-refractivity contribution in [3.63, 3.8) is 0 Å².